The van der Waals surface area contributed by atoms with Crippen LogP contribution in [0.2, 0.25) is 0 Å². The molecule has 0 atom stereocenters. The second-order valence-electron chi connectivity index (χ2n) is 8.22. The van der Waals surface area contributed by atoms with Gasteiger partial charge in [0.1, 0.15) is 11.6 Å². The lowest BCUT2D eigenvalue weighted by atomic mass is 10.0. The summed E-state index contributed by atoms with van der Waals surface area (Å²) in [5.41, 5.74) is 0.977. The van der Waals surface area contributed by atoms with Crippen molar-refractivity contribution in [1.29, 1.82) is 5.41 Å². The first kappa shape index (κ1) is 22.3. The Morgan fingerprint density at radius 1 is 0.857 bits per heavy atom. The Hall–Kier alpha value is -2.03. The summed E-state index contributed by atoms with van der Waals surface area (Å²) < 4.78 is 6.13. The predicted octanol–water partition coefficient (Wildman–Crippen LogP) is 7.02. The molecule has 2 aromatic carbocycles. The van der Waals surface area contributed by atoms with E-state index in [4.69, 9.17) is 10.1 Å². The van der Waals surface area contributed by atoms with Crippen molar-refractivity contribution in [3.63, 3.8) is 0 Å². The average Bonchev–Trinajstić information content (AvgIpc) is 2.66. The van der Waals surface area contributed by atoms with Gasteiger partial charge in [0.15, 0.2) is 0 Å². The van der Waals surface area contributed by atoms with Crippen LogP contribution in [0.4, 0.5) is 0 Å². The number of nitrogens with zero attached hydrogens (tertiary/aromatic N) is 1. The summed E-state index contributed by atoms with van der Waals surface area (Å²) in [5, 5.41) is 11.0. The first-order valence-electron chi connectivity index (χ1n) is 11.0. The number of nitrogens with one attached hydrogen (secondary N) is 1. The van der Waals surface area contributed by atoms with Crippen molar-refractivity contribution >= 4 is 16.6 Å². The van der Waals surface area contributed by atoms with Crippen LogP contribution in [0.15, 0.2) is 36.4 Å². The zero-order valence-electron chi connectivity index (χ0n) is 18.4. The summed E-state index contributed by atoms with van der Waals surface area (Å²) in [6.45, 7) is 11.6. The molecule has 28 heavy (non-hydrogen) atoms. The van der Waals surface area contributed by atoms with E-state index in [0.717, 1.165) is 35.1 Å². The van der Waals surface area contributed by atoms with Crippen LogP contribution >= 0.6 is 0 Å². The quantitative estimate of drug-likeness (QED) is 0.257. The summed E-state index contributed by atoms with van der Waals surface area (Å²) in [4.78, 5) is 2.17. The molecular formula is C25H38N2O. The molecule has 0 aliphatic rings. The SMILES string of the molecule is CCCCCCCCOc1ccc(C(=N)N(C(C)C)C(C)C)c2ccccc12. The number of rotatable bonds is 11. The Labute approximate surface area is 171 Å². The first-order valence-corrected chi connectivity index (χ1v) is 11.0. The second-order valence-corrected chi connectivity index (χ2v) is 8.22. The molecule has 0 aromatic heterocycles. The summed E-state index contributed by atoms with van der Waals surface area (Å²) in [6, 6.07) is 13.0. The number of hydrogen-bond donors (Lipinski definition) is 1. The van der Waals surface area contributed by atoms with Gasteiger partial charge in [-0.15, -0.1) is 0 Å². The number of amidine groups is 1. The van der Waals surface area contributed by atoms with Gasteiger partial charge >= 0.3 is 0 Å². The van der Waals surface area contributed by atoms with E-state index in [2.05, 4.69) is 63.8 Å². The highest BCUT2D eigenvalue weighted by atomic mass is 16.5. The standard InChI is InChI=1S/C25H38N2O/c1-6-7-8-9-10-13-18-28-24-17-16-23(21-14-11-12-15-22(21)24)25(26)27(19(2)3)20(4)5/h11-12,14-17,19-20,26H,6-10,13,18H2,1-5H3. The molecule has 0 amide bonds. The van der Waals surface area contributed by atoms with Gasteiger partial charge in [0.05, 0.1) is 6.61 Å². The van der Waals surface area contributed by atoms with E-state index >= 15 is 0 Å². The smallest absolute Gasteiger partial charge is 0.129 e. The van der Waals surface area contributed by atoms with Gasteiger partial charge in [-0.05, 0) is 51.6 Å². The molecule has 0 fully saturated rings. The highest BCUT2D eigenvalue weighted by Gasteiger charge is 2.20. The maximum Gasteiger partial charge on any atom is 0.129 e. The van der Waals surface area contributed by atoms with Crippen molar-refractivity contribution in [3.05, 3.63) is 42.0 Å². The molecule has 2 aromatic rings. The van der Waals surface area contributed by atoms with Gasteiger partial charge < -0.3 is 9.64 Å². The highest BCUT2D eigenvalue weighted by molar-refractivity contribution is 6.09. The molecule has 0 heterocycles. The number of benzene rings is 2. The predicted molar refractivity (Wildman–Crippen MR) is 122 cm³/mol. The van der Waals surface area contributed by atoms with Gasteiger partial charge in [0.25, 0.3) is 0 Å². The van der Waals surface area contributed by atoms with Crippen LogP contribution in [0.5, 0.6) is 5.75 Å². The fourth-order valence-electron chi connectivity index (χ4n) is 3.92. The van der Waals surface area contributed by atoms with Gasteiger partial charge in [0, 0.05) is 23.0 Å². The molecule has 0 bridgehead atoms. The fraction of sp³-hybridized carbons (Fsp3) is 0.560. The van der Waals surface area contributed by atoms with E-state index in [1.54, 1.807) is 0 Å². The number of fused-ring (bicyclic) bond motifs is 1. The summed E-state index contributed by atoms with van der Waals surface area (Å²) in [6.07, 6.45) is 7.59. The lowest BCUT2D eigenvalue weighted by molar-refractivity contribution is 0.291. The Bertz CT molecular complexity index is 743. The first-order chi connectivity index (χ1) is 13.5. The zero-order valence-corrected chi connectivity index (χ0v) is 18.4. The zero-order chi connectivity index (χ0) is 20.5. The van der Waals surface area contributed by atoms with Gasteiger partial charge in [-0.1, -0.05) is 63.3 Å². The normalized spacial score (nSPS) is 11.4. The average molecular weight is 383 g/mol. The van der Waals surface area contributed by atoms with E-state index in [1.165, 1.54) is 32.1 Å². The van der Waals surface area contributed by atoms with Crippen LogP contribution in [0, 0.1) is 5.41 Å². The molecule has 3 nitrogen and oxygen atoms in total. The second kappa shape index (κ2) is 11.1. The van der Waals surface area contributed by atoms with Crippen LogP contribution in [0.25, 0.3) is 10.8 Å². The van der Waals surface area contributed by atoms with Gasteiger partial charge in [-0.3, -0.25) is 5.41 Å². The minimum Gasteiger partial charge on any atom is -0.493 e. The van der Waals surface area contributed by atoms with Crippen LogP contribution in [0.3, 0.4) is 0 Å². The largest absolute Gasteiger partial charge is 0.493 e. The summed E-state index contributed by atoms with van der Waals surface area (Å²) in [7, 11) is 0. The van der Waals surface area contributed by atoms with E-state index in [0.29, 0.717) is 5.84 Å². The van der Waals surface area contributed by atoms with E-state index in [-0.39, 0.29) is 12.1 Å². The fourth-order valence-corrected chi connectivity index (χ4v) is 3.92. The topological polar surface area (TPSA) is 36.3 Å². The maximum atomic E-state index is 8.83. The number of unbranched alkanes of at least 4 members (excludes halogenated alkanes) is 5. The van der Waals surface area contributed by atoms with Gasteiger partial charge in [0.2, 0.25) is 0 Å². The Kier molecular flexibility index (Phi) is 8.82. The van der Waals surface area contributed by atoms with Crippen molar-refractivity contribution in [2.24, 2.45) is 0 Å². The molecule has 3 heteroatoms. The lowest BCUT2D eigenvalue weighted by Gasteiger charge is -2.33. The van der Waals surface area contributed by atoms with E-state index < -0.39 is 0 Å². The molecule has 0 saturated carbocycles. The molecule has 0 aliphatic heterocycles. The molecular weight excluding hydrogens is 344 g/mol. The minimum atomic E-state index is 0.287. The Morgan fingerprint density at radius 3 is 2.11 bits per heavy atom. The van der Waals surface area contributed by atoms with Gasteiger partial charge in [-0.2, -0.15) is 0 Å². The molecule has 0 radical (unpaired) electrons. The Morgan fingerprint density at radius 2 is 1.46 bits per heavy atom. The van der Waals surface area contributed by atoms with E-state index in [9.17, 15) is 0 Å². The van der Waals surface area contributed by atoms with Crippen molar-refractivity contribution in [1.82, 2.24) is 4.90 Å². The van der Waals surface area contributed by atoms with Crippen molar-refractivity contribution in [3.8, 4) is 5.75 Å². The van der Waals surface area contributed by atoms with Crippen molar-refractivity contribution in [2.75, 3.05) is 6.61 Å². The summed E-state index contributed by atoms with van der Waals surface area (Å²) >= 11 is 0. The van der Waals surface area contributed by atoms with Crippen LogP contribution in [-0.4, -0.2) is 29.4 Å². The van der Waals surface area contributed by atoms with Crippen LogP contribution in [-0.2, 0) is 0 Å². The molecule has 0 saturated heterocycles. The molecule has 154 valence electrons. The molecule has 1 N–H and O–H groups in total. The van der Waals surface area contributed by atoms with Crippen LogP contribution in [0.1, 0.15) is 78.7 Å². The van der Waals surface area contributed by atoms with Gasteiger partial charge in [-0.25, -0.2) is 0 Å². The van der Waals surface area contributed by atoms with Crippen LogP contribution < -0.4 is 4.74 Å². The molecule has 0 unspecified atom stereocenters. The third-order valence-corrected chi connectivity index (χ3v) is 5.27. The molecule has 2 rings (SSSR count). The minimum absolute atomic E-state index is 0.287. The number of hydrogen-bond acceptors (Lipinski definition) is 2. The maximum absolute atomic E-state index is 8.83. The Balaban J connectivity index is 2.15. The third kappa shape index (κ3) is 5.73. The lowest BCUT2D eigenvalue weighted by Crippen LogP contribution is -2.42. The molecule has 0 spiro atoms. The van der Waals surface area contributed by atoms with Crippen molar-refractivity contribution in [2.45, 2.75) is 85.2 Å². The van der Waals surface area contributed by atoms with Crippen molar-refractivity contribution < 1.29 is 4.74 Å². The summed E-state index contributed by atoms with van der Waals surface area (Å²) in [5.74, 6) is 1.52. The highest BCUT2D eigenvalue weighted by Crippen LogP contribution is 2.30. The third-order valence-electron chi connectivity index (χ3n) is 5.27. The monoisotopic (exact) mass is 382 g/mol. The molecule has 0 aliphatic carbocycles. The number of ether oxygens (including phenoxy) is 1. The van der Waals surface area contributed by atoms with E-state index in [1.807, 2.05) is 12.1 Å².